The van der Waals surface area contributed by atoms with E-state index in [1.807, 2.05) is 37.3 Å². The van der Waals surface area contributed by atoms with E-state index in [4.69, 9.17) is 5.11 Å². The highest BCUT2D eigenvalue weighted by molar-refractivity contribution is 8.18. The zero-order valence-corrected chi connectivity index (χ0v) is 13.6. The Kier molecular flexibility index (Phi) is 4.48. The number of carboxylic acid groups (broad SMARTS) is 1. The van der Waals surface area contributed by atoms with Crippen LogP contribution in [0, 0.1) is 6.92 Å². The Labute approximate surface area is 143 Å². The van der Waals surface area contributed by atoms with Crippen molar-refractivity contribution in [1.82, 2.24) is 5.32 Å². The highest BCUT2D eigenvalue weighted by Gasteiger charge is 2.24. The normalized spacial score (nSPS) is 17.3. The predicted molar refractivity (Wildman–Crippen MR) is 95.4 cm³/mol. The molecule has 120 valence electrons. The summed E-state index contributed by atoms with van der Waals surface area (Å²) in [4.78, 5) is 28.1. The van der Waals surface area contributed by atoms with Gasteiger partial charge in [0.05, 0.1) is 16.2 Å². The summed E-state index contributed by atoms with van der Waals surface area (Å²) in [5, 5.41) is 12.2. The van der Waals surface area contributed by atoms with Gasteiger partial charge < -0.3 is 10.4 Å². The van der Waals surface area contributed by atoms with E-state index in [2.05, 4.69) is 10.3 Å². The second-order valence-electron chi connectivity index (χ2n) is 5.20. The van der Waals surface area contributed by atoms with Crippen LogP contribution in [0.5, 0.6) is 0 Å². The molecule has 0 saturated carbocycles. The highest BCUT2D eigenvalue weighted by Crippen LogP contribution is 2.29. The van der Waals surface area contributed by atoms with Gasteiger partial charge in [-0.05, 0) is 48.0 Å². The smallest absolute Gasteiger partial charge is 0.335 e. The van der Waals surface area contributed by atoms with Gasteiger partial charge in [-0.1, -0.05) is 36.4 Å². The molecule has 1 aliphatic rings. The van der Waals surface area contributed by atoms with Crippen LogP contribution in [0.1, 0.15) is 21.5 Å². The van der Waals surface area contributed by atoms with Crippen molar-refractivity contribution in [3.05, 3.63) is 70.1 Å². The van der Waals surface area contributed by atoms with Crippen molar-refractivity contribution in [1.29, 1.82) is 0 Å². The lowest BCUT2D eigenvalue weighted by Gasteiger charge is -2.03. The van der Waals surface area contributed by atoms with E-state index in [9.17, 15) is 9.59 Å². The Hall–Kier alpha value is -2.86. The third-order valence-corrected chi connectivity index (χ3v) is 4.34. The summed E-state index contributed by atoms with van der Waals surface area (Å²) in [6, 6.07) is 14.3. The first-order valence-corrected chi connectivity index (χ1v) is 8.03. The van der Waals surface area contributed by atoms with Gasteiger partial charge in [0.1, 0.15) is 0 Å². The Morgan fingerprint density at radius 3 is 2.67 bits per heavy atom. The summed E-state index contributed by atoms with van der Waals surface area (Å²) in [7, 11) is 0. The fourth-order valence-electron chi connectivity index (χ4n) is 2.15. The minimum absolute atomic E-state index is 0.161. The molecule has 1 fully saturated rings. The number of carbonyl (C=O) groups is 2. The van der Waals surface area contributed by atoms with Crippen molar-refractivity contribution in [2.75, 3.05) is 0 Å². The zero-order chi connectivity index (χ0) is 17.1. The summed E-state index contributed by atoms with van der Waals surface area (Å²) in [5.41, 5.74) is 2.45. The molecule has 0 unspecified atom stereocenters. The third-order valence-electron chi connectivity index (χ3n) is 3.43. The first-order chi connectivity index (χ1) is 11.5. The summed E-state index contributed by atoms with van der Waals surface area (Å²) < 4.78 is 0. The molecular weight excluding hydrogens is 324 g/mol. The van der Waals surface area contributed by atoms with Gasteiger partial charge in [0.2, 0.25) is 0 Å². The topological polar surface area (TPSA) is 78.8 Å². The van der Waals surface area contributed by atoms with E-state index in [1.54, 1.807) is 12.1 Å². The van der Waals surface area contributed by atoms with Gasteiger partial charge in [-0.15, -0.1) is 0 Å². The number of carbonyl (C=O) groups excluding carboxylic acids is 1. The molecule has 2 aromatic carbocycles. The summed E-state index contributed by atoms with van der Waals surface area (Å²) >= 11 is 1.23. The van der Waals surface area contributed by atoms with Gasteiger partial charge in [0, 0.05) is 0 Å². The Bertz CT molecular complexity index is 873. The van der Waals surface area contributed by atoms with Gasteiger partial charge in [0.25, 0.3) is 5.91 Å². The summed E-state index contributed by atoms with van der Waals surface area (Å²) in [6.07, 6.45) is 1.79. The van der Waals surface area contributed by atoms with E-state index < -0.39 is 5.97 Å². The summed E-state index contributed by atoms with van der Waals surface area (Å²) in [6.45, 7) is 1.84. The average molecular weight is 338 g/mol. The van der Waals surface area contributed by atoms with Crippen LogP contribution in [0.15, 0.2) is 58.4 Å². The SMILES string of the molecule is Cc1ccc(C(=O)O)cc1N=C1NC(=O)/C(=C/c2ccccc2)S1. The first-order valence-electron chi connectivity index (χ1n) is 7.21. The number of amidine groups is 1. The number of aliphatic imine (C=N–C) groups is 1. The molecule has 0 aromatic heterocycles. The fraction of sp³-hybridized carbons (Fsp3) is 0.0556. The van der Waals surface area contributed by atoms with Crippen LogP contribution < -0.4 is 5.32 Å². The van der Waals surface area contributed by atoms with Crippen LogP contribution in [0.3, 0.4) is 0 Å². The quantitative estimate of drug-likeness (QED) is 0.838. The molecule has 0 aliphatic carbocycles. The molecule has 3 rings (SSSR count). The van der Waals surface area contributed by atoms with Crippen molar-refractivity contribution in [3.63, 3.8) is 0 Å². The number of benzene rings is 2. The molecule has 1 heterocycles. The van der Waals surface area contributed by atoms with Gasteiger partial charge >= 0.3 is 5.97 Å². The number of rotatable bonds is 3. The van der Waals surface area contributed by atoms with Gasteiger partial charge in [0.15, 0.2) is 5.17 Å². The van der Waals surface area contributed by atoms with Crippen molar-refractivity contribution >= 4 is 40.6 Å². The van der Waals surface area contributed by atoms with Crippen molar-refractivity contribution < 1.29 is 14.7 Å². The summed E-state index contributed by atoms with van der Waals surface area (Å²) in [5.74, 6) is -1.22. The number of aromatic carboxylic acids is 1. The van der Waals surface area contributed by atoms with E-state index >= 15 is 0 Å². The second kappa shape index (κ2) is 6.72. The zero-order valence-electron chi connectivity index (χ0n) is 12.8. The number of hydrogen-bond donors (Lipinski definition) is 2. The van der Waals surface area contributed by atoms with Crippen LogP contribution >= 0.6 is 11.8 Å². The van der Waals surface area contributed by atoms with Gasteiger partial charge in [-0.3, -0.25) is 4.79 Å². The lowest BCUT2D eigenvalue weighted by atomic mass is 10.1. The largest absolute Gasteiger partial charge is 0.478 e. The number of nitrogens with zero attached hydrogens (tertiary/aromatic N) is 1. The molecule has 0 bridgehead atoms. The van der Waals surface area contributed by atoms with Gasteiger partial charge in [-0.2, -0.15) is 0 Å². The second-order valence-corrected chi connectivity index (χ2v) is 6.23. The van der Waals surface area contributed by atoms with Gasteiger partial charge in [-0.25, -0.2) is 9.79 Å². The highest BCUT2D eigenvalue weighted by atomic mass is 32.2. The molecule has 1 amide bonds. The number of nitrogens with one attached hydrogen (secondary N) is 1. The fourth-order valence-corrected chi connectivity index (χ4v) is 2.99. The minimum Gasteiger partial charge on any atom is -0.478 e. The number of carboxylic acids is 1. The molecule has 0 atom stereocenters. The molecule has 1 saturated heterocycles. The number of thioether (sulfide) groups is 1. The molecule has 2 aromatic rings. The Morgan fingerprint density at radius 1 is 1.21 bits per heavy atom. The van der Waals surface area contributed by atoms with Crippen LogP contribution in [-0.4, -0.2) is 22.2 Å². The minimum atomic E-state index is -1.01. The lowest BCUT2D eigenvalue weighted by molar-refractivity contribution is -0.115. The lowest BCUT2D eigenvalue weighted by Crippen LogP contribution is -2.19. The molecule has 1 aliphatic heterocycles. The maximum absolute atomic E-state index is 12.1. The number of hydrogen-bond acceptors (Lipinski definition) is 4. The van der Waals surface area contributed by atoms with E-state index in [-0.39, 0.29) is 11.5 Å². The van der Waals surface area contributed by atoms with E-state index in [1.165, 1.54) is 23.9 Å². The van der Waals surface area contributed by atoms with Crippen molar-refractivity contribution in [3.8, 4) is 0 Å². The monoisotopic (exact) mass is 338 g/mol. The molecule has 0 spiro atoms. The van der Waals surface area contributed by atoms with E-state index in [0.29, 0.717) is 15.8 Å². The molecule has 0 radical (unpaired) electrons. The van der Waals surface area contributed by atoms with Crippen molar-refractivity contribution in [2.24, 2.45) is 4.99 Å². The standard InChI is InChI=1S/C18H14N2O3S/c1-11-7-8-13(17(22)23)10-14(11)19-18-20-16(21)15(24-18)9-12-5-3-2-4-6-12/h2-10H,1H3,(H,22,23)(H,19,20,21)/b15-9-. The molecule has 6 heteroatoms. The molecule has 2 N–H and O–H groups in total. The first kappa shape index (κ1) is 16.0. The predicted octanol–water partition coefficient (Wildman–Crippen LogP) is 3.58. The van der Waals surface area contributed by atoms with E-state index in [0.717, 1.165) is 11.1 Å². The molecule has 5 nitrogen and oxygen atoms in total. The van der Waals surface area contributed by atoms with Crippen LogP contribution in [0.25, 0.3) is 6.08 Å². The van der Waals surface area contributed by atoms with Crippen LogP contribution in [0.2, 0.25) is 0 Å². The maximum Gasteiger partial charge on any atom is 0.335 e. The Balaban J connectivity index is 1.88. The Morgan fingerprint density at radius 2 is 1.96 bits per heavy atom. The number of amides is 1. The number of aryl methyl sites for hydroxylation is 1. The molecule has 24 heavy (non-hydrogen) atoms. The van der Waals surface area contributed by atoms with Crippen LogP contribution in [-0.2, 0) is 4.79 Å². The third kappa shape index (κ3) is 3.55. The maximum atomic E-state index is 12.1. The average Bonchev–Trinajstić information content (AvgIpc) is 2.90. The van der Waals surface area contributed by atoms with Crippen LogP contribution in [0.4, 0.5) is 5.69 Å². The molecular formula is C18H14N2O3S. The van der Waals surface area contributed by atoms with Crippen molar-refractivity contribution in [2.45, 2.75) is 6.92 Å².